The van der Waals surface area contributed by atoms with Gasteiger partial charge in [0, 0.05) is 6.54 Å². The first-order chi connectivity index (χ1) is 7.64. The molecule has 5 heteroatoms. The Balaban J connectivity index is 2.00. The van der Waals surface area contributed by atoms with Gasteiger partial charge >= 0.3 is 5.97 Å². The molecule has 0 bridgehead atoms. The summed E-state index contributed by atoms with van der Waals surface area (Å²) >= 11 is 0. The fourth-order valence-corrected chi connectivity index (χ4v) is 2.59. The highest BCUT2D eigenvalue weighted by atomic mass is 16.4. The summed E-state index contributed by atoms with van der Waals surface area (Å²) in [6, 6.07) is 0. The van der Waals surface area contributed by atoms with Crippen LogP contribution >= 0.6 is 0 Å². The largest absolute Gasteiger partial charge is 0.480 e. The van der Waals surface area contributed by atoms with E-state index < -0.39 is 11.5 Å². The number of rotatable bonds is 3. The summed E-state index contributed by atoms with van der Waals surface area (Å²) in [4.78, 5) is 23.1. The Morgan fingerprint density at radius 3 is 2.50 bits per heavy atom. The van der Waals surface area contributed by atoms with E-state index >= 15 is 0 Å². The standard InChI is InChI=1S/C11H18N2O3/c14-9(8-3-6-12-7-8)13-11(10(15)16)4-1-2-5-11/h8,12H,1-7H2,(H,13,14)(H,15,16). The highest BCUT2D eigenvalue weighted by Gasteiger charge is 2.43. The molecule has 1 unspecified atom stereocenters. The van der Waals surface area contributed by atoms with Crippen LogP contribution in [0.1, 0.15) is 32.1 Å². The number of amides is 1. The molecule has 3 N–H and O–H groups in total. The molecular weight excluding hydrogens is 208 g/mol. The van der Waals surface area contributed by atoms with Crippen molar-refractivity contribution in [2.75, 3.05) is 13.1 Å². The van der Waals surface area contributed by atoms with E-state index in [1.807, 2.05) is 0 Å². The zero-order chi connectivity index (χ0) is 11.6. The van der Waals surface area contributed by atoms with Gasteiger partial charge in [0.15, 0.2) is 0 Å². The van der Waals surface area contributed by atoms with E-state index in [-0.39, 0.29) is 11.8 Å². The molecular formula is C11H18N2O3. The van der Waals surface area contributed by atoms with Crippen LogP contribution in [0, 0.1) is 5.92 Å². The van der Waals surface area contributed by atoms with Crippen LogP contribution in [-0.2, 0) is 9.59 Å². The maximum Gasteiger partial charge on any atom is 0.329 e. The summed E-state index contributed by atoms with van der Waals surface area (Å²) in [5, 5.41) is 15.1. The average Bonchev–Trinajstić information content (AvgIpc) is 2.88. The number of carboxylic acid groups (broad SMARTS) is 1. The van der Waals surface area contributed by atoms with Crippen molar-refractivity contribution in [3.8, 4) is 0 Å². The van der Waals surface area contributed by atoms with Gasteiger partial charge in [0.2, 0.25) is 5.91 Å². The van der Waals surface area contributed by atoms with Crippen LogP contribution in [0.2, 0.25) is 0 Å². The number of aliphatic carboxylic acids is 1. The van der Waals surface area contributed by atoms with Crippen molar-refractivity contribution >= 4 is 11.9 Å². The van der Waals surface area contributed by atoms with E-state index in [0.29, 0.717) is 19.4 Å². The molecule has 0 aromatic heterocycles. The van der Waals surface area contributed by atoms with Crippen molar-refractivity contribution in [3.63, 3.8) is 0 Å². The fourth-order valence-electron chi connectivity index (χ4n) is 2.59. The molecule has 2 fully saturated rings. The Hall–Kier alpha value is -1.10. The molecule has 0 radical (unpaired) electrons. The zero-order valence-electron chi connectivity index (χ0n) is 9.29. The second-order valence-electron chi connectivity index (χ2n) is 4.77. The summed E-state index contributed by atoms with van der Waals surface area (Å²) in [5.74, 6) is -1.05. The first kappa shape index (κ1) is 11.4. The Labute approximate surface area is 94.6 Å². The highest BCUT2D eigenvalue weighted by Crippen LogP contribution is 2.30. The smallest absolute Gasteiger partial charge is 0.329 e. The molecule has 0 aromatic rings. The topological polar surface area (TPSA) is 78.4 Å². The minimum atomic E-state index is -0.986. The molecule has 1 amide bonds. The molecule has 0 spiro atoms. The van der Waals surface area contributed by atoms with Crippen LogP contribution < -0.4 is 10.6 Å². The van der Waals surface area contributed by atoms with Gasteiger partial charge in [0.25, 0.3) is 0 Å². The van der Waals surface area contributed by atoms with Crippen LogP contribution in [0.15, 0.2) is 0 Å². The van der Waals surface area contributed by atoms with Crippen molar-refractivity contribution in [1.29, 1.82) is 0 Å². The summed E-state index contributed by atoms with van der Waals surface area (Å²) in [6.07, 6.45) is 3.70. The Bertz CT molecular complexity index is 292. The molecule has 0 aromatic carbocycles. The molecule has 1 saturated carbocycles. The van der Waals surface area contributed by atoms with Crippen LogP contribution in [0.3, 0.4) is 0 Å². The van der Waals surface area contributed by atoms with Gasteiger partial charge < -0.3 is 15.7 Å². The molecule has 16 heavy (non-hydrogen) atoms. The van der Waals surface area contributed by atoms with Crippen molar-refractivity contribution in [1.82, 2.24) is 10.6 Å². The van der Waals surface area contributed by atoms with Gasteiger partial charge in [0.1, 0.15) is 5.54 Å². The Morgan fingerprint density at radius 2 is 2.00 bits per heavy atom. The molecule has 2 aliphatic rings. The first-order valence-corrected chi connectivity index (χ1v) is 5.90. The van der Waals surface area contributed by atoms with Crippen LogP contribution in [0.25, 0.3) is 0 Å². The molecule has 1 atom stereocenters. The highest BCUT2D eigenvalue weighted by molar-refractivity contribution is 5.88. The third-order valence-corrected chi connectivity index (χ3v) is 3.66. The lowest BCUT2D eigenvalue weighted by Crippen LogP contribution is -2.54. The van der Waals surface area contributed by atoms with E-state index in [0.717, 1.165) is 25.8 Å². The van der Waals surface area contributed by atoms with Crippen molar-refractivity contribution < 1.29 is 14.7 Å². The van der Waals surface area contributed by atoms with Gasteiger partial charge in [-0.05, 0) is 25.8 Å². The van der Waals surface area contributed by atoms with Gasteiger partial charge in [-0.25, -0.2) is 4.79 Å². The predicted molar refractivity (Wildman–Crippen MR) is 58.0 cm³/mol. The minimum Gasteiger partial charge on any atom is -0.480 e. The third-order valence-electron chi connectivity index (χ3n) is 3.66. The van der Waals surface area contributed by atoms with Gasteiger partial charge in [-0.3, -0.25) is 4.79 Å². The van der Waals surface area contributed by atoms with E-state index in [2.05, 4.69) is 10.6 Å². The minimum absolute atomic E-state index is 0.0585. The lowest BCUT2D eigenvalue weighted by Gasteiger charge is -2.26. The number of carboxylic acids is 1. The summed E-state index contributed by atoms with van der Waals surface area (Å²) in [7, 11) is 0. The SMILES string of the molecule is O=C(NC1(C(=O)O)CCCC1)C1CCNC1. The summed E-state index contributed by atoms with van der Waals surface area (Å²) in [5.41, 5.74) is -0.986. The van der Waals surface area contributed by atoms with Crippen LogP contribution in [-0.4, -0.2) is 35.6 Å². The third kappa shape index (κ3) is 2.04. The van der Waals surface area contributed by atoms with Crippen LogP contribution in [0.5, 0.6) is 0 Å². The summed E-state index contributed by atoms with van der Waals surface area (Å²) in [6.45, 7) is 1.51. The number of carbonyl (C=O) groups is 2. The van der Waals surface area contributed by atoms with Crippen molar-refractivity contribution in [2.24, 2.45) is 5.92 Å². The second kappa shape index (κ2) is 4.41. The van der Waals surface area contributed by atoms with E-state index in [1.165, 1.54) is 0 Å². The normalized spacial score (nSPS) is 27.9. The number of nitrogens with one attached hydrogen (secondary N) is 2. The molecule has 1 aliphatic heterocycles. The number of carbonyl (C=O) groups excluding carboxylic acids is 1. The predicted octanol–water partition coefficient (Wildman–Crippen LogP) is 0.109. The maximum atomic E-state index is 11.9. The van der Waals surface area contributed by atoms with Gasteiger partial charge in [0.05, 0.1) is 5.92 Å². The Kier molecular flexibility index (Phi) is 3.14. The lowest BCUT2D eigenvalue weighted by atomic mass is 9.96. The average molecular weight is 226 g/mol. The molecule has 90 valence electrons. The van der Waals surface area contributed by atoms with Crippen LogP contribution in [0.4, 0.5) is 0 Å². The molecule has 1 heterocycles. The van der Waals surface area contributed by atoms with Gasteiger partial charge in [-0.2, -0.15) is 0 Å². The first-order valence-electron chi connectivity index (χ1n) is 5.90. The van der Waals surface area contributed by atoms with Gasteiger partial charge in [-0.15, -0.1) is 0 Å². The van der Waals surface area contributed by atoms with Gasteiger partial charge in [-0.1, -0.05) is 12.8 Å². The lowest BCUT2D eigenvalue weighted by molar-refractivity contribution is -0.148. The van der Waals surface area contributed by atoms with Crippen molar-refractivity contribution in [2.45, 2.75) is 37.6 Å². The van der Waals surface area contributed by atoms with Crippen molar-refractivity contribution in [3.05, 3.63) is 0 Å². The molecule has 5 nitrogen and oxygen atoms in total. The second-order valence-corrected chi connectivity index (χ2v) is 4.77. The molecule has 2 rings (SSSR count). The fraction of sp³-hybridized carbons (Fsp3) is 0.818. The number of hydrogen-bond donors (Lipinski definition) is 3. The zero-order valence-corrected chi connectivity index (χ0v) is 9.29. The van der Waals surface area contributed by atoms with E-state index in [4.69, 9.17) is 0 Å². The monoisotopic (exact) mass is 226 g/mol. The number of hydrogen-bond acceptors (Lipinski definition) is 3. The van der Waals surface area contributed by atoms with E-state index in [9.17, 15) is 14.7 Å². The molecule has 1 aliphatic carbocycles. The summed E-state index contributed by atoms with van der Waals surface area (Å²) < 4.78 is 0. The quantitative estimate of drug-likeness (QED) is 0.638. The Morgan fingerprint density at radius 1 is 1.31 bits per heavy atom. The van der Waals surface area contributed by atoms with E-state index in [1.54, 1.807) is 0 Å². The molecule has 1 saturated heterocycles. The maximum absolute atomic E-state index is 11.9.